The molecule has 0 aliphatic carbocycles. The molecule has 0 aliphatic rings. The summed E-state index contributed by atoms with van der Waals surface area (Å²) < 4.78 is 5.39. The number of hydrogen-bond donors (Lipinski definition) is 0. The van der Waals surface area contributed by atoms with Crippen LogP contribution in [-0.2, 0) is 6.54 Å². The lowest BCUT2D eigenvalue weighted by Crippen LogP contribution is -2.22. The third-order valence-electron chi connectivity index (χ3n) is 2.64. The molecule has 0 spiro atoms. The molecule has 17 heavy (non-hydrogen) atoms. The average Bonchev–Trinajstić information content (AvgIpc) is 2.81. The van der Waals surface area contributed by atoms with Crippen LogP contribution in [0.15, 0.2) is 59.7 Å². The zero-order valence-electron chi connectivity index (χ0n) is 10.1. The number of furan rings is 1. The van der Waals surface area contributed by atoms with Crippen LogP contribution in [0.4, 0.5) is 5.69 Å². The van der Waals surface area contributed by atoms with E-state index in [9.17, 15) is 0 Å². The molecule has 2 aromatic rings. The van der Waals surface area contributed by atoms with Crippen LogP contribution in [0.3, 0.4) is 0 Å². The molecule has 2 heteroatoms. The van der Waals surface area contributed by atoms with Crippen molar-refractivity contribution in [2.45, 2.75) is 13.5 Å². The lowest BCUT2D eigenvalue weighted by atomic mass is 10.2. The Morgan fingerprint density at radius 2 is 2.18 bits per heavy atom. The van der Waals surface area contributed by atoms with Gasteiger partial charge in [-0.3, -0.25) is 0 Å². The second kappa shape index (κ2) is 5.39. The van der Waals surface area contributed by atoms with Gasteiger partial charge in [0.05, 0.1) is 12.8 Å². The topological polar surface area (TPSA) is 16.4 Å². The minimum Gasteiger partial charge on any atom is -0.467 e. The van der Waals surface area contributed by atoms with Gasteiger partial charge >= 0.3 is 0 Å². The lowest BCUT2D eigenvalue weighted by molar-refractivity contribution is 0.505. The first-order valence-corrected chi connectivity index (χ1v) is 5.74. The van der Waals surface area contributed by atoms with Crippen LogP contribution in [0.1, 0.15) is 11.3 Å². The van der Waals surface area contributed by atoms with E-state index in [4.69, 9.17) is 4.42 Å². The fourth-order valence-electron chi connectivity index (χ4n) is 1.83. The second-order valence-electron chi connectivity index (χ2n) is 4.09. The molecule has 0 unspecified atom stereocenters. The van der Waals surface area contributed by atoms with Crippen LogP contribution in [-0.4, -0.2) is 6.54 Å². The largest absolute Gasteiger partial charge is 0.467 e. The molecule has 0 N–H and O–H groups in total. The van der Waals surface area contributed by atoms with Gasteiger partial charge in [-0.1, -0.05) is 18.2 Å². The molecule has 1 aromatic heterocycles. The maximum atomic E-state index is 5.39. The van der Waals surface area contributed by atoms with Gasteiger partial charge in [-0.05, 0) is 36.8 Å². The Balaban J connectivity index is 2.19. The van der Waals surface area contributed by atoms with E-state index in [2.05, 4.69) is 42.7 Å². The summed E-state index contributed by atoms with van der Waals surface area (Å²) in [5.74, 6) is 0.966. The van der Waals surface area contributed by atoms with E-state index in [1.165, 1.54) is 11.3 Å². The molecule has 0 saturated heterocycles. The highest BCUT2D eigenvalue weighted by Crippen LogP contribution is 2.18. The molecule has 0 aliphatic heterocycles. The van der Waals surface area contributed by atoms with Gasteiger partial charge in [-0.2, -0.15) is 0 Å². The fourth-order valence-corrected chi connectivity index (χ4v) is 1.83. The van der Waals surface area contributed by atoms with Crippen molar-refractivity contribution in [1.29, 1.82) is 0 Å². The summed E-state index contributed by atoms with van der Waals surface area (Å²) in [6.45, 7) is 7.48. The van der Waals surface area contributed by atoms with Crippen molar-refractivity contribution in [3.8, 4) is 0 Å². The summed E-state index contributed by atoms with van der Waals surface area (Å²) in [5.41, 5.74) is 2.46. The van der Waals surface area contributed by atoms with Gasteiger partial charge in [0.1, 0.15) is 5.76 Å². The highest BCUT2D eigenvalue weighted by atomic mass is 16.3. The van der Waals surface area contributed by atoms with E-state index >= 15 is 0 Å². The Bertz CT molecular complexity index is 473. The molecular weight excluding hydrogens is 210 g/mol. The minimum atomic E-state index is 0.766. The summed E-state index contributed by atoms with van der Waals surface area (Å²) in [7, 11) is 0. The number of hydrogen-bond acceptors (Lipinski definition) is 2. The van der Waals surface area contributed by atoms with E-state index in [0.29, 0.717) is 0 Å². The van der Waals surface area contributed by atoms with Crippen LogP contribution in [0.2, 0.25) is 0 Å². The highest BCUT2D eigenvalue weighted by molar-refractivity contribution is 5.49. The van der Waals surface area contributed by atoms with Gasteiger partial charge in [-0.25, -0.2) is 0 Å². The van der Waals surface area contributed by atoms with Gasteiger partial charge in [0.2, 0.25) is 0 Å². The van der Waals surface area contributed by atoms with Crippen LogP contribution >= 0.6 is 0 Å². The second-order valence-corrected chi connectivity index (χ2v) is 4.09. The number of benzene rings is 1. The smallest absolute Gasteiger partial charge is 0.123 e. The van der Waals surface area contributed by atoms with Crippen molar-refractivity contribution in [1.82, 2.24) is 0 Å². The van der Waals surface area contributed by atoms with Gasteiger partial charge in [0, 0.05) is 12.2 Å². The SMILES string of the molecule is C=CCN(Cc1ccco1)c1cccc(C)c1. The maximum Gasteiger partial charge on any atom is 0.123 e. The standard InChI is InChI=1S/C15H17NO/c1-3-9-16(12-15-8-5-10-17-15)14-7-4-6-13(2)11-14/h3-8,10-11H,1,9,12H2,2H3. The Morgan fingerprint density at radius 1 is 1.29 bits per heavy atom. The van der Waals surface area contributed by atoms with E-state index < -0.39 is 0 Å². The van der Waals surface area contributed by atoms with Gasteiger partial charge < -0.3 is 9.32 Å². The minimum absolute atomic E-state index is 0.766. The zero-order valence-corrected chi connectivity index (χ0v) is 10.1. The molecule has 0 bridgehead atoms. The van der Waals surface area contributed by atoms with Crippen LogP contribution < -0.4 is 4.90 Å². The van der Waals surface area contributed by atoms with Gasteiger partial charge in [-0.15, -0.1) is 6.58 Å². The predicted molar refractivity (Wildman–Crippen MR) is 71.1 cm³/mol. The molecule has 2 nitrogen and oxygen atoms in total. The Labute approximate surface area is 102 Å². The quantitative estimate of drug-likeness (QED) is 0.723. The number of nitrogens with zero attached hydrogens (tertiary/aromatic N) is 1. The van der Waals surface area contributed by atoms with Crippen molar-refractivity contribution in [3.63, 3.8) is 0 Å². The van der Waals surface area contributed by atoms with Crippen molar-refractivity contribution >= 4 is 5.69 Å². The first-order valence-electron chi connectivity index (χ1n) is 5.74. The van der Waals surface area contributed by atoms with Crippen LogP contribution in [0, 0.1) is 6.92 Å². The van der Waals surface area contributed by atoms with E-state index in [-0.39, 0.29) is 0 Å². The molecule has 0 saturated carbocycles. The first-order chi connectivity index (χ1) is 8.29. The Kier molecular flexibility index (Phi) is 3.66. The summed E-state index contributed by atoms with van der Waals surface area (Å²) in [5, 5.41) is 0. The molecule has 2 rings (SSSR count). The third kappa shape index (κ3) is 3.00. The summed E-state index contributed by atoms with van der Waals surface area (Å²) in [6.07, 6.45) is 3.61. The Morgan fingerprint density at radius 3 is 2.82 bits per heavy atom. The van der Waals surface area contributed by atoms with E-state index in [0.717, 1.165) is 18.8 Å². The Hall–Kier alpha value is -1.96. The first kappa shape index (κ1) is 11.5. The van der Waals surface area contributed by atoms with Crippen LogP contribution in [0.25, 0.3) is 0 Å². The van der Waals surface area contributed by atoms with Crippen molar-refractivity contribution in [2.24, 2.45) is 0 Å². The monoisotopic (exact) mass is 227 g/mol. The van der Waals surface area contributed by atoms with E-state index in [1.807, 2.05) is 18.2 Å². The van der Waals surface area contributed by atoms with Gasteiger partial charge in [0.25, 0.3) is 0 Å². The molecule has 0 atom stereocenters. The third-order valence-corrected chi connectivity index (χ3v) is 2.64. The highest BCUT2D eigenvalue weighted by Gasteiger charge is 2.07. The molecule has 0 radical (unpaired) electrons. The summed E-state index contributed by atoms with van der Waals surface area (Å²) in [4.78, 5) is 2.23. The van der Waals surface area contributed by atoms with Gasteiger partial charge in [0.15, 0.2) is 0 Å². The average molecular weight is 227 g/mol. The lowest BCUT2D eigenvalue weighted by Gasteiger charge is -2.22. The normalized spacial score (nSPS) is 10.2. The van der Waals surface area contributed by atoms with Crippen molar-refractivity contribution < 1.29 is 4.42 Å². The summed E-state index contributed by atoms with van der Waals surface area (Å²) in [6, 6.07) is 12.4. The fraction of sp³-hybridized carbons (Fsp3) is 0.200. The molecule has 88 valence electrons. The van der Waals surface area contributed by atoms with Crippen LogP contribution in [0.5, 0.6) is 0 Å². The van der Waals surface area contributed by atoms with Crippen molar-refractivity contribution in [3.05, 3.63) is 66.6 Å². The molecule has 1 aromatic carbocycles. The molecular formula is C15H17NO. The molecule has 1 heterocycles. The molecule has 0 amide bonds. The van der Waals surface area contributed by atoms with E-state index in [1.54, 1.807) is 6.26 Å². The number of aryl methyl sites for hydroxylation is 1. The maximum absolute atomic E-state index is 5.39. The number of rotatable bonds is 5. The molecule has 0 fully saturated rings. The van der Waals surface area contributed by atoms with Crippen molar-refractivity contribution in [2.75, 3.05) is 11.4 Å². The zero-order chi connectivity index (χ0) is 12.1. The summed E-state index contributed by atoms with van der Waals surface area (Å²) >= 11 is 0. The number of anilines is 1. The predicted octanol–water partition coefficient (Wildman–Crippen LogP) is 3.78.